The minimum Gasteiger partial charge on any atom is -0.316 e. The molecule has 0 bridgehead atoms. The Balaban J connectivity index is 1.49. The Bertz CT molecular complexity index is 327. The predicted molar refractivity (Wildman–Crippen MR) is 78.8 cm³/mol. The van der Waals surface area contributed by atoms with Gasteiger partial charge in [-0.25, -0.2) is 0 Å². The molecule has 1 aromatic rings. The molecular weight excluding hydrogens is 218 g/mol. The zero-order valence-corrected chi connectivity index (χ0v) is 11.8. The lowest BCUT2D eigenvalue weighted by Gasteiger charge is -2.14. The largest absolute Gasteiger partial charge is 0.316 e. The molecule has 2 rings (SSSR count). The molecule has 1 aliphatic carbocycles. The third-order valence-corrected chi connectivity index (χ3v) is 4.15. The maximum atomic E-state index is 3.66. The van der Waals surface area contributed by atoms with Crippen molar-refractivity contribution in [2.24, 2.45) is 5.41 Å². The van der Waals surface area contributed by atoms with Crippen molar-refractivity contribution in [3.63, 3.8) is 0 Å². The Morgan fingerprint density at radius 1 is 1.11 bits per heavy atom. The molecule has 1 heteroatoms. The summed E-state index contributed by atoms with van der Waals surface area (Å²) in [5.74, 6) is 0. The van der Waals surface area contributed by atoms with Gasteiger partial charge in [-0.3, -0.25) is 0 Å². The van der Waals surface area contributed by atoms with Crippen LogP contribution in [0, 0.1) is 5.41 Å². The van der Waals surface area contributed by atoms with Gasteiger partial charge in [-0.2, -0.15) is 0 Å². The van der Waals surface area contributed by atoms with Crippen LogP contribution >= 0.6 is 0 Å². The molecule has 0 aromatic heterocycles. The van der Waals surface area contributed by atoms with Crippen molar-refractivity contribution < 1.29 is 0 Å². The molecule has 0 heterocycles. The summed E-state index contributed by atoms with van der Waals surface area (Å²) in [4.78, 5) is 0. The molecule has 0 aliphatic heterocycles. The minimum absolute atomic E-state index is 0.703. The van der Waals surface area contributed by atoms with E-state index in [9.17, 15) is 0 Å². The van der Waals surface area contributed by atoms with Gasteiger partial charge in [0.1, 0.15) is 0 Å². The normalized spacial score (nSPS) is 16.7. The van der Waals surface area contributed by atoms with Crippen LogP contribution in [-0.2, 0) is 6.42 Å². The van der Waals surface area contributed by atoms with E-state index in [-0.39, 0.29) is 0 Å². The van der Waals surface area contributed by atoms with E-state index < -0.39 is 0 Å². The van der Waals surface area contributed by atoms with Crippen LogP contribution in [0.15, 0.2) is 30.3 Å². The Labute approximate surface area is 112 Å². The van der Waals surface area contributed by atoms with Gasteiger partial charge in [0, 0.05) is 6.54 Å². The highest BCUT2D eigenvalue weighted by Gasteiger charge is 2.40. The maximum Gasteiger partial charge on any atom is 0.000781 e. The van der Waals surface area contributed by atoms with Gasteiger partial charge in [0.15, 0.2) is 0 Å². The Morgan fingerprint density at radius 3 is 2.56 bits per heavy atom. The highest BCUT2D eigenvalue weighted by Crippen LogP contribution is 2.48. The summed E-state index contributed by atoms with van der Waals surface area (Å²) in [5, 5.41) is 3.66. The summed E-state index contributed by atoms with van der Waals surface area (Å²) < 4.78 is 0. The van der Waals surface area contributed by atoms with E-state index in [1.807, 2.05) is 0 Å². The zero-order valence-electron chi connectivity index (χ0n) is 11.8. The van der Waals surface area contributed by atoms with Crippen LogP contribution in [0.5, 0.6) is 0 Å². The van der Waals surface area contributed by atoms with E-state index in [1.54, 1.807) is 0 Å². The fraction of sp³-hybridized carbons (Fsp3) is 0.647. The summed E-state index contributed by atoms with van der Waals surface area (Å²) in [6, 6.07) is 10.8. The van der Waals surface area contributed by atoms with E-state index in [0.29, 0.717) is 5.41 Å². The lowest BCUT2D eigenvalue weighted by atomic mass is 10.0. The van der Waals surface area contributed by atoms with E-state index in [4.69, 9.17) is 0 Å². The monoisotopic (exact) mass is 245 g/mol. The molecule has 1 aliphatic rings. The molecule has 1 fully saturated rings. The average Bonchev–Trinajstić information content (AvgIpc) is 3.15. The van der Waals surface area contributed by atoms with Crippen molar-refractivity contribution in [2.45, 2.75) is 51.9 Å². The molecule has 1 saturated carbocycles. The lowest BCUT2D eigenvalue weighted by molar-refractivity contribution is 0.418. The smallest absolute Gasteiger partial charge is 0.000781 e. The van der Waals surface area contributed by atoms with Crippen LogP contribution in [0.4, 0.5) is 0 Å². The van der Waals surface area contributed by atoms with Gasteiger partial charge >= 0.3 is 0 Å². The Hall–Kier alpha value is -0.820. The van der Waals surface area contributed by atoms with E-state index >= 15 is 0 Å². The highest BCUT2D eigenvalue weighted by atomic mass is 14.9. The van der Waals surface area contributed by atoms with Crippen molar-refractivity contribution in [3.8, 4) is 0 Å². The SMILES string of the molecule is CCCC1(CNCCCCc2ccccc2)CC1. The summed E-state index contributed by atoms with van der Waals surface area (Å²) in [5.41, 5.74) is 2.18. The number of unbranched alkanes of at least 4 members (excludes halogenated alkanes) is 1. The van der Waals surface area contributed by atoms with Gasteiger partial charge in [-0.15, -0.1) is 0 Å². The second-order valence-corrected chi connectivity index (χ2v) is 5.87. The lowest BCUT2D eigenvalue weighted by Crippen LogP contribution is -2.24. The summed E-state index contributed by atoms with van der Waals surface area (Å²) in [7, 11) is 0. The van der Waals surface area contributed by atoms with Gasteiger partial charge in [-0.1, -0.05) is 43.7 Å². The van der Waals surface area contributed by atoms with Crippen LogP contribution in [-0.4, -0.2) is 13.1 Å². The standard InChI is InChI=1S/C17H27N/c1-2-11-17(12-13-17)15-18-14-7-6-10-16-8-4-3-5-9-16/h3-5,8-9,18H,2,6-7,10-15H2,1H3. The van der Waals surface area contributed by atoms with Crippen molar-refractivity contribution in [3.05, 3.63) is 35.9 Å². The second-order valence-electron chi connectivity index (χ2n) is 5.87. The first kappa shape index (κ1) is 13.6. The molecule has 0 amide bonds. The summed E-state index contributed by atoms with van der Waals surface area (Å²) in [6.45, 7) is 4.75. The topological polar surface area (TPSA) is 12.0 Å². The fourth-order valence-electron chi connectivity index (χ4n) is 2.80. The van der Waals surface area contributed by atoms with Crippen molar-refractivity contribution >= 4 is 0 Å². The molecule has 0 atom stereocenters. The third kappa shape index (κ3) is 4.45. The van der Waals surface area contributed by atoms with Crippen LogP contribution in [0.1, 0.15) is 51.0 Å². The molecule has 0 radical (unpaired) electrons. The van der Waals surface area contributed by atoms with Gasteiger partial charge in [-0.05, 0) is 56.0 Å². The summed E-state index contributed by atoms with van der Waals surface area (Å²) in [6.07, 6.45) is 9.51. The van der Waals surface area contributed by atoms with Crippen LogP contribution in [0.3, 0.4) is 0 Å². The molecule has 1 N–H and O–H groups in total. The minimum atomic E-state index is 0.703. The molecule has 18 heavy (non-hydrogen) atoms. The second kappa shape index (κ2) is 6.94. The van der Waals surface area contributed by atoms with E-state index in [2.05, 4.69) is 42.6 Å². The van der Waals surface area contributed by atoms with E-state index in [0.717, 1.165) is 0 Å². The molecule has 0 spiro atoms. The van der Waals surface area contributed by atoms with Gasteiger partial charge < -0.3 is 5.32 Å². The average molecular weight is 245 g/mol. The summed E-state index contributed by atoms with van der Waals surface area (Å²) >= 11 is 0. The quantitative estimate of drug-likeness (QED) is 0.644. The zero-order chi connectivity index (χ0) is 12.7. The van der Waals surface area contributed by atoms with Crippen molar-refractivity contribution in [1.82, 2.24) is 5.32 Å². The molecule has 1 nitrogen and oxygen atoms in total. The molecule has 1 aromatic carbocycles. The number of aryl methyl sites for hydroxylation is 1. The highest BCUT2D eigenvalue weighted by molar-refractivity contribution is 5.14. The number of nitrogens with one attached hydrogen (secondary N) is 1. The number of rotatable bonds is 9. The van der Waals surface area contributed by atoms with E-state index in [1.165, 1.54) is 63.6 Å². The van der Waals surface area contributed by atoms with Crippen LogP contribution < -0.4 is 5.32 Å². The maximum absolute atomic E-state index is 3.66. The van der Waals surface area contributed by atoms with Gasteiger partial charge in [0.25, 0.3) is 0 Å². The molecular formula is C17H27N. The first-order valence-electron chi connectivity index (χ1n) is 7.59. The number of benzene rings is 1. The van der Waals surface area contributed by atoms with Crippen molar-refractivity contribution in [1.29, 1.82) is 0 Å². The number of hydrogen-bond donors (Lipinski definition) is 1. The number of hydrogen-bond acceptors (Lipinski definition) is 1. The Morgan fingerprint density at radius 2 is 1.89 bits per heavy atom. The third-order valence-electron chi connectivity index (χ3n) is 4.15. The molecule has 0 unspecified atom stereocenters. The van der Waals surface area contributed by atoms with Crippen LogP contribution in [0.2, 0.25) is 0 Å². The fourth-order valence-corrected chi connectivity index (χ4v) is 2.80. The molecule has 0 saturated heterocycles. The Kier molecular flexibility index (Phi) is 5.25. The predicted octanol–water partition coefficient (Wildman–Crippen LogP) is 4.18. The van der Waals surface area contributed by atoms with Gasteiger partial charge in [0.05, 0.1) is 0 Å². The molecule has 100 valence electrons. The van der Waals surface area contributed by atoms with Gasteiger partial charge in [0.2, 0.25) is 0 Å². The van der Waals surface area contributed by atoms with Crippen LogP contribution in [0.25, 0.3) is 0 Å². The first-order chi connectivity index (χ1) is 8.85. The van der Waals surface area contributed by atoms with Crippen molar-refractivity contribution in [2.75, 3.05) is 13.1 Å². The first-order valence-corrected chi connectivity index (χ1v) is 7.59.